The van der Waals surface area contributed by atoms with Gasteiger partial charge in [-0.05, 0) is 25.5 Å². The van der Waals surface area contributed by atoms with Crippen LogP contribution in [-0.2, 0) is 26.6 Å². The molecule has 1 N–H and O–H groups in total. The van der Waals surface area contributed by atoms with Crippen LogP contribution in [0.5, 0.6) is 11.6 Å². The first-order valence-corrected chi connectivity index (χ1v) is 8.69. The highest BCUT2D eigenvalue weighted by atomic mass is 16.5. The van der Waals surface area contributed by atoms with Crippen molar-refractivity contribution in [3.63, 3.8) is 0 Å². The number of nitrogens with zero attached hydrogens (tertiary/aromatic N) is 4. The van der Waals surface area contributed by atoms with E-state index in [0.717, 1.165) is 48.8 Å². The Morgan fingerprint density at radius 1 is 1.28 bits per heavy atom. The molecule has 0 saturated heterocycles. The van der Waals surface area contributed by atoms with Crippen LogP contribution in [0.4, 0.5) is 0 Å². The molecule has 1 aliphatic rings. The molecule has 6 heteroatoms. The van der Waals surface area contributed by atoms with Gasteiger partial charge in [0.05, 0.1) is 11.3 Å². The average Bonchev–Trinajstić information content (AvgIpc) is 3.18. The third-order valence-electron chi connectivity index (χ3n) is 4.75. The van der Waals surface area contributed by atoms with Crippen LogP contribution in [0.1, 0.15) is 23.5 Å². The average molecular weight is 337 g/mol. The second-order valence-corrected chi connectivity index (χ2v) is 6.52. The number of para-hydroxylation sites is 1. The van der Waals surface area contributed by atoms with Crippen LogP contribution >= 0.6 is 0 Å². The molecule has 6 nitrogen and oxygen atoms in total. The molecule has 0 aliphatic carbocycles. The predicted octanol–water partition coefficient (Wildman–Crippen LogP) is 2.82. The van der Waals surface area contributed by atoms with Crippen LogP contribution in [0.3, 0.4) is 0 Å². The van der Waals surface area contributed by atoms with Gasteiger partial charge in [0.1, 0.15) is 11.6 Å². The fourth-order valence-electron chi connectivity index (χ4n) is 3.39. The second-order valence-electron chi connectivity index (χ2n) is 6.52. The van der Waals surface area contributed by atoms with Gasteiger partial charge in [0.15, 0.2) is 0 Å². The summed E-state index contributed by atoms with van der Waals surface area (Å²) in [4.78, 5) is 4.39. The van der Waals surface area contributed by atoms with Crippen molar-refractivity contribution in [2.24, 2.45) is 7.05 Å². The number of fused-ring (bicyclic) bond motifs is 1. The number of imidazole rings is 1. The Hall–Kier alpha value is -2.60. The standard InChI is InChI=1S/C19H23N5O/c1-14-17(12-21-15-8-9-18-20-10-11-24(18)13-15)19(23(2)22-14)25-16-6-4-3-5-7-16/h3-7,10-11,15,21H,8-9,12-13H2,1-2H3. The molecule has 1 aliphatic heterocycles. The smallest absolute Gasteiger partial charge is 0.222 e. The third kappa shape index (κ3) is 3.30. The lowest BCUT2D eigenvalue weighted by Crippen LogP contribution is -2.37. The van der Waals surface area contributed by atoms with E-state index < -0.39 is 0 Å². The van der Waals surface area contributed by atoms with Crippen LogP contribution < -0.4 is 10.1 Å². The highest BCUT2D eigenvalue weighted by molar-refractivity contribution is 5.35. The zero-order valence-electron chi connectivity index (χ0n) is 14.6. The van der Waals surface area contributed by atoms with Gasteiger partial charge in [-0.1, -0.05) is 18.2 Å². The SMILES string of the molecule is Cc1nn(C)c(Oc2ccccc2)c1CNC1CCc2nccn2C1. The minimum absolute atomic E-state index is 0.436. The van der Waals surface area contributed by atoms with Crippen molar-refractivity contribution in [2.45, 2.75) is 38.9 Å². The van der Waals surface area contributed by atoms with E-state index in [-0.39, 0.29) is 0 Å². The van der Waals surface area contributed by atoms with Crippen LogP contribution in [0.25, 0.3) is 0 Å². The van der Waals surface area contributed by atoms with Crippen LogP contribution in [0.15, 0.2) is 42.7 Å². The second kappa shape index (κ2) is 6.72. The van der Waals surface area contributed by atoms with Gasteiger partial charge in [-0.15, -0.1) is 0 Å². The lowest BCUT2D eigenvalue weighted by molar-refractivity contribution is 0.373. The molecule has 4 rings (SSSR count). The van der Waals surface area contributed by atoms with E-state index in [1.807, 2.05) is 55.2 Å². The number of ether oxygens (including phenoxy) is 1. The highest BCUT2D eigenvalue weighted by Gasteiger charge is 2.21. The maximum Gasteiger partial charge on any atom is 0.222 e. The minimum atomic E-state index is 0.436. The molecule has 0 fully saturated rings. The van der Waals surface area contributed by atoms with Gasteiger partial charge < -0.3 is 14.6 Å². The number of hydrogen-bond acceptors (Lipinski definition) is 4. The minimum Gasteiger partial charge on any atom is -0.439 e. The molecule has 0 bridgehead atoms. The summed E-state index contributed by atoms with van der Waals surface area (Å²) >= 11 is 0. The van der Waals surface area contributed by atoms with Crippen molar-refractivity contribution in [1.29, 1.82) is 0 Å². The summed E-state index contributed by atoms with van der Waals surface area (Å²) in [5, 5.41) is 8.20. The first-order valence-electron chi connectivity index (χ1n) is 8.69. The Labute approximate surface area is 147 Å². The molecule has 25 heavy (non-hydrogen) atoms. The van der Waals surface area contributed by atoms with E-state index >= 15 is 0 Å². The molecular weight excluding hydrogens is 314 g/mol. The molecule has 0 amide bonds. The van der Waals surface area contributed by atoms with E-state index in [9.17, 15) is 0 Å². The molecule has 0 spiro atoms. The largest absolute Gasteiger partial charge is 0.439 e. The van der Waals surface area contributed by atoms with Gasteiger partial charge in [0.2, 0.25) is 5.88 Å². The number of rotatable bonds is 5. The Balaban J connectivity index is 1.47. The normalized spacial score (nSPS) is 16.6. The third-order valence-corrected chi connectivity index (χ3v) is 4.75. The zero-order chi connectivity index (χ0) is 17.2. The van der Waals surface area contributed by atoms with E-state index in [2.05, 4.69) is 26.2 Å². The van der Waals surface area contributed by atoms with Crippen molar-refractivity contribution in [3.8, 4) is 11.6 Å². The first-order chi connectivity index (χ1) is 12.2. The summed E-state index contributed by atoms with van der Waals surface area (Å²) in [7, 11) is 1.92. The van der Waals surface area contributed by atoms with Crippen LogP contribution in [-0.4, -0.2) is 25.4 Å². The fraction of sp³-hybridized carbons (Fsp3) is 0.368. The molecule has 0 radical (unpaired) electrons. The Morgan fingerprint density at radius 2 is 2.12 bits per heavy atom. The van der Waals surface area contributed by atoms with Crippen molar-refractivity contribution in [3.05, 3.63) is 59.8 Å². The van der Waals surface area contributed by atoms with Gasteiger partial charge >= 0.3 is 0 Å². The van der Waals surface area contributed by atoms with Gasteiger partial charge in [-0.2, -0.15) is 5.10 Å². The number of benzene rings is 1. The Bertz CT molecular complexity index is 852. The number of hydrogen-bond donors (Lipinski definition) is 1. The summed E-state index contributed by atoms with van der Waals surface area (Å²) in [6.07, 6.45) is 6.06. The molecule has 3 aromatic rings. The molecule has 0 saturated carbocycles. The van der Waals surface area contributed by atoms with Crippen molar-refractivity contribution in [1.82, 2.24) is 24.6 Å². The van der Waals surface area contributed by atoms with Gasteiger partial charge in [-0.25, -0.2) is 9.67 Å². The fourth-order valence-corrected chi connectivity index (χ4v) is 3.39. The Morgan fingerprint density at radius 3 is 2.96 bits per heavy atom. The number of aryl methyl sites for hydroxylation is 3. The monoisotopic (exact) mass is 337 g/mol. The molecule has 1 aromatic carbocycles. The lowest BCUT2D eigenvalue weighted by Gasteiger charge is -2.25. The topological polar surface area (TPSA) is 56.9 Å². The van der Waals surface area contributed by atoms with E-state index in [1.165, 1.54) is 5.82 Å². The number of nitrogens with one attached hydrogen (secondary N) is 1. The van der Waals surface area contributed by atoms with Gasteiger partial charge in [0.25, 0.3) is 0 Å². The van der Waals surface area contributed by atoms with Crippen molar-refractivity contribution in [2.75, 3.05) is 0 Å². The van der Waals surface area contributed by atoms with Crippen LogP contribution in [0.2, 0.25) is 0 Å². The molecular formula is C19H23N5O. The molecule has 1 unspecified atom stereocenters. The van der Waals surface area contributed by atoms with Gasteiger partial charge in [-0.3, -0.25) is 0 Å². The van der Waals surface area contributed by atoms with E-state index in [0.29, 0.717) is 6.04 Å². The molecule has 3 heterocycles. The van der Waals surface area contributed by atoms with E-state index in [1.54, 1.807) is 0 Å². The van der Waals surface area contributed by atoms with Gasteiger partial charge in [0, 0.05) is 45.0 Å². The van der Waals surface area contributed by atoms with Crippen molar-refractivity contribution < 1.29 is 4.74 Å². The molecule has 1 atom stereocenters. The maximum atomic E-state index is 6.09. The highest BCUT2D eigenvalue weighted by Crippen LogP contribution is 2.27. The number of aromatic nitrogens is 4. The summed E-state index contributed by atoms with van der Waals surface area (Å²) in [6, 6.07) is 10.3. The van der Waals surface area contributed by atoms with E-state index in [4.69, 9.17) is 4.74 Å². The first kappa shape index (κ1) is 15.9. The van der Waals surface area contributed by atoms with Crippen LogP contribution in [0, 0.1) is 6.92 Å². The summed E-state index contributed by atoms with van der Waals surface area (Å²) < 4.78 is 10.1. The molecule has 130 valence electrons. The summed E-state index contributed by atoms with van der Waals surface area (Å²) in [6.45, 7) is 3.74. The maximum absolute atomic E-state index is 6.09. The zero-order valence-corrected chi connectivity index (χ0v) is 14.6. The summed E-state index contributed by atoms with van der Waals surface area (Å²) in [5.74, 6) is 2.81. The molecule has 2 aromatic heterocycles. The quantitative estimate of drug-likeness (QED) is 0.778. The summed E-state index contributed by atoms with van der Waals surface area (Å²) in [5.41, 5.74) is 2.11. The Kier molecular flexibility index (Phi) is 4.28. The van der Waals surface area contributed by atoms with Crippen molar-refractivity contribution >= 4 is 0 Å². The lowest BCUT2D eigenvalue weighted by atomic mass is 10.1. The predicted molar refractivity (Wildman–Crippen MR) is 95.6 cm³/mol.